The summed E-state index contributed by atoms with van der Waals surface area (Å²) in [6.45, 7) is 3.26. The summed E-state index contributed by atoms with van der Waals surface area (Å²) >= 11 is 0. The molecule has 0 saturated carbocycles. The van der Waals surface area contributed by atoms with Crippen LogP contribution in [0.1, 0.15) is 26.7 Å². The summed E-state index contributed by atoms with van der Waals surface area (Å²) in [5, 5.41) is 17.3. The Morgan fingerprint density at radius 2 is 1.78 bits per heavy atom. The van der Waals surface area contributed by atoms with Crippen LogP contribution in [0, 0.1) is 0 Å². The van der Waals surface area contributed by atoms with Gasteiger partial charge in [0.2, 0.25) is 0 Å². The number of carboxylic acids is 2. The third-order valence-electron chi connectivity index (χ3n) is 2.34. The summed E-state index contributed by atoms with van der Waals surface area (Å²) in [5.41, 5.74) is 0. The topological polar surface area (TPSA) is 124 Å². The highest BCUT2D eigenvalue weighted by Crippen LogP contribution is 2.05. The van der Waals surface area contributed by atoms with E-state index < -0.39 is 34.6 Å². The quantitative estimate of drug-likeness (QED) is 0.550. The van der Waals surface area contributed by atoms with Crippen molar-refractivity contribution < 1.29 is 28.2 Å². The predicted octanol–water partition coefficient (Wildman–Crippen LogP) is -0.521. The van der Waals surface area contributed by atoms with Gasteiger partial charge in [-0.05, 0) is 20.3 Å². The maximum Gasteiger partial charge on any atom is 0.321 e. The van der Waals surface area contributed by atoms with Gasteiger partial charge in [0.1, 0.15) is 6.04 Å². The lowest BCUT2D eigenvalue weighted by Crippen LogP contribution is -2.49. The normalized spacial score (nSPS) is 13.8. The molecule has 18 heavy (non-hydrogen) atoms. The largest absolute Gasteiger partial charge is 0.481 e. The minimum Gasteiger partial charge on any atom is -0.481 e. The van der Waals surface area contributed by atoms with E-state index in [2.05, 4.69) is 0 Å². The minimum atomic E-state index is -3.94. The first kappa shape index (κ1) is 16.8. The van der Waals surface area contributed by atoms with Gasteiger partial charge in [-0.25, -0.2) is 0 Å². The first-order valence-corrected chi connectivity index (χ1v) is 6.71. The van der Waals surface area contributed by atoms with E-state index in [0.717, 1.165) is 4.31 Å². The van der Waals surface area contributed by atoms with Crippen LogP contribution in [0.15, 0.2) is 0 Å². The molecule has 0 radical (unpaired) electrons. The maximum absolute atomic E-state index is 11.7. The lowest BCUT2D eigenvalue weighted by Gasteiger charge is -2.23. The van der Waals surface area contributed by atoms with Crippen LogP contribution in [-0.2, 0) is 19.8 Å². The van der Waals surface area contributed by atoms with Crippen LogP contribution in [-0.4, -0.2) is 54.0 Å². The number of carbonyl (C=O) groups is 2. The molecule has 0 amide bonds. The highest BCUT2D eigenvalue weighted by atomic mass is 32.2. The summed E-state index contributed by atoms with van der Waals surface area (Å²) in [7, 11) is -2.63. The Morgan fingerprint density at radius 3 is 2.11 bits per heavy atom. The second-order valence-electron chi connectivity index (χ2n) is 4.06. The van der Waals surface area contributed by atoms with E-state index >= 15 is 0 Å². The molecular formula is C9H18N2O6S. The van der Waals surface area contributed by atoms with Crippen molar-refractivity contribution in [3.05, 3.63) is 0 Å². The Kier molecular flexibility index (Phi) is 6.22. The highest BCUT2D eigenvalue weighted by Gasteiger charge is 2.28. The Hall–Kier alpha value is -1.19. The van der Waals surface area contributed by atoms with Crippen molar-refractivity contribution in [2.24, 2.45) is 0 Å². The Balaban J connectivity index is 4.78. The van der Waals surface area contributed by atoms with E-state index in [1.54, 1.807) is 13.8 Å². The molecule has 0 aliphatic carbocycles. The standard InChI is InChI=1S/C9H18N2O6S/c1-6(2)11(3)18(16,17)10-7(9(14)15)4-5-8(12)13/h6-7,10H,4-5H2,1-3H3,(H,12,13)(H,14,15). The third kappa shape index (κ3) is 5.43. The van der Waals surface area contributed by atoms with Crippen molar-refractivity contribution in [3.8, 4) is 0 Å². The molecule has 9 heteroatoms. The van der Waals surface area contributed by atoms with Crippen molar-refractivity contribution in [1.82, 2.24) is 9.03 Å². The average Bonchev–Trinajstić information content (AvgIpc) is 2.22. The molecule has 0 aliphatic rings. The molecule has 0 rings (SSSR count). The zero-order valence-electron chi connectivity index (χ0n) is 10.5. The van der Waals surface area contributed by atoms with Gasteiger partial charge in [0, 0.05) is 19.5 Å². The van der Waals surface area contributed by atoms with Gasteiger partial charge in [-0.1, -0.05) is 0 Å². The Labute approximate surface area is 106 Å². The number of rotatable bonds is 8. The van der Waals surface area contributed by atoms with Crippen LogP contribution in [0.3, 0.4) is 0 Å². The molecule has 0 heterocycles. The number of nitrogens with zero attached hydrogens (tertiary/aromatic N) is 1. The lowest BCUT2D eigenvalue weighted by molar-refractivity contribution is -0.140. The molecular weight excluding hydrogens is 264 g/mol. The molecule has 0 bridgehead atoms. The number of carboxylic acid groups (broad SMARTS) is 2. The summed E-state index contributed by atoms with van der Waals surface area (Å²) in [6.07, 6.45) is -0.735. The molecule has 1 atom stereocenters. The zero-order chi connectivity index (χ0) is 14.5. The monoisotopic (exact) mass is 282 g/mol. The van der Waals surface area contributed by atoms with E-state index in [1.807, 2.05) is 4.72 Å². The minimum absolute atomic E-state index is 0.310. The van der Waals surface area contributed by atoms with E-state index in [0.29, 0.717) is 0 Å². The van der Waals surface area contributed by atoms with Gasteiger partial charge >= 0.3 is 11.9 Å². The van der Waals surface area contributed by atoms with Gasteiger partial charge in [0.25, 0.3) is 10.2 Å². The molecule has 1 unspecified atom stereocenters. The van der Waals surface area contributed by atoms with E-state index in [1.165, 1.54) is 7.05 Å². The fourth-order valence-corrected chi connectivity index (χ4v) is 2.34. The Morgan fingerprint density at radius 1 is 1.28 bits per heavy atom. The van der Waals surface area contributed by atoms with Gasteiger partial charge in [-0.15, -0.1) is 0 Å². The van der Waals surface area contributed by atoms with Crippen LogP contribution in [0.2, 0.25) is 0 Å². The molecule has 0 aliphatic heterocycles. The summed E-state index contributed by atoms with van der Waals surface area (Å²) in [5.74, 6) is -2.59. The zero-order valence-corrected chi connectivity index (χ0v) is 11.3. The summed E-state index contributed by atoms with van der Waals surface area (Å²) < 4.78 is 26.4. The van der Waals surface area contributed by atoms with E-state index in [4.69, 9.17) is 10.2 Å². The van der Waals surface area contributed by atoms with Crippen molar-refractivity contribution in [1.29, 1.82) is 0 Å². The van der Waals surface area contributed by atoms with E-state index in [-0.39, 0.29) is 12.5 Å². The fraction of sp³-hybridized carbons (Fsp3) is 0.778. The average molecular weight is 282 g/mol. The molecule has 106 valence electrons. The smallest absolute Gasteiger partial charge is 0.321 e. The van der Waals surface area contributed by atoms with Gasteiger partial charge in [0.15, 0.2) is 0 Å². The highest BCUT2D eigenvalue weighted by molar-refractivity contribution is 7.87. The van der Waals surface area contributed by atoms with Gasteiger partial charge < -0.3 is 10.2 Å². The molecule has 0 aromatic rings. The Bertz CT molecular complexity index is 405. The fourth-order valence-electron chi connectivity index (χ4n) is 1.04. The van der Waals surface area contributed by atoms with Crippen LogP contribution < -0.4 is 4.72 Å². The number of hydrogen-bond acceptors (Lipinski definition) is 4. The summed E-state index contributed by atoms with van der Waals surface area (Å²) in [4.78, 5) is 21.2. The van der Waals surface area contributed by atoms with Crippen molar-refractivity contribution in [2.75, 3.05) is 7.05 Å². The van der Waals surface area contributed by atoms with Crippen LogP contribution in [0.25, 0.3) is 0 Å². The molecule has 0 spiro atoms. The number of nitrogens with one attached hydrogen (secondary N) is 1. The molecule has 0 fully saturated rings. The maximum atomic E-state index is 11.7. The van der Waals surface area contributed by atoms with E-state index in [9.17, 15) is 18.0 Å². The number of aliphatic carboxylic acids is 2. The predicted molar refractivity (Wildman–Crippen MR) is 63.2 cm³/mol. The SMILES string of the molecule is CC(C)N(C)S(=O)(=O)NC(CCC(=O)O)C(=O)O. The van der Waals surface area contributed by atoms with Crippen LogP contribution in [0.5, 0.6) is 0 Å². The first-order valence-electron chi connectivity index (χ1n) is 5.27. The second-order valence-corrected chi connectivity index (χ2v) is 5.82. The van der Waals surface area contributed by atoms with Crippen LogP contribution >= 0.6 is 0 Å². The molecule has 0 aromatic heterocycles. The third-order valence-corrected chi connectivity index (χ3v) is 4.10. The summed E-state index contributed by atoms with van der Waals surface area (Å²) in [6, 6.07) is -1.79. The second kappa shape index (κ2) is 6.66. The van der Waals surface area contributed by atoms with Gasteiger partial charge in [-0.3, -0.25) is 9.59 Å². The van der Waals surface area contributed by atoms with Crippen molar-refractivity contribution >= 4 is 22.1 Å². The van der Waals surface area contributed by atoms with Gasteiger partial charge in [0.05, 0.1) is 0 Å². The van der Waals surface area contributed by atoms with Crippen molar-refractivity contribution in [3.63, 3.8) is 0 Å². The molecule has 0 aromatic carbocycles. The molecule has 0 saturated heterocycles. The van der Waals surface area contributed by atoms with Crippen LogP contribution in [0.4, 0.5) is 0 Å². The van der Waals surface area contributed by atoms with Crippen molar-refractivity contribution in [2.45, 2.75) is 38.8 Å². The molecule has 3 N–H and O–H groups in total. The molecule has 8 nitrogen and oxygen atoms in total. The lowest BCUT2D eigenvalue weighted by atomic mass is 10.2. The first-order chi connectivity index (χ1) is 8.08. The van der Waals surface area contributed by atoms with Gasteiger partial charge in [-0.2, -0.15) is 17.4 Å². The number of hydrogen-bond donors (Lipinski definition) is 3.